The Balaban J connectivity index is 1.49. The summed E-state index contributed by atoms with van der Waals surface area (Å²) in [5.41, 5.74) is 1.16. The number of nitrogens with one attached hydrogen (secondary N) is 1. The Kier molecular flexibility index (Phi) is 6.30. The summed E-state index contributed by atoms with van der Waals surface area (Å²) >= 11 is 0. The molecular formula is C22H21NO4. The van der Waals surface area contributed by atoms with Gasteiger partial charge in [-0.3, -0.25) is 4.79 Å². The maximum absolute atomic E-state index is 12.4. The monoisotopic (exact) mass is 363 g/mol. The minimum atomic E-state index is -0.225. The Morgan fingerprint density at radius 1 is 0.778 bits per heavy atom. The molecule has 3 rings (SSSR count). The molecule has 1 N–H and O–H groups in total. The van der Waals surface area contributed by atoms with E-state index in [0.717, 1.165) is 5.75 Å². The molecule has 138 valence electrons. The predicted molar refractivity (Wildman–Crippen MR) is 105 cm³/mol. The van der Waals surface area contributed by atoms with Crippen LogP contribution in [0.3, 0.4) is 0 Å². The molecule has 0 atom stereocenters. The van der Waals surface area contributed by atoms with Crippen LogP contribution in [0.25, 0.3) is 0 Å². The van der Waals surface area contributed by atoms with Crippen molar-refractivity contribution in [3.8, 4) is 17.2 Å². The first-order chi connectivity index (χ1) is 13.3. The molecule has 27 heavy (non-hydrogen) atoms. The van der Waals surface area contributed by atoms with Crippen LogP contribution >= 0.6 is 0 Å². The minimum Gasteiger partial charge on any atom is -0.496 e. The standard InChI is InChI=1S/C22H21NO4/c1-25-21-10-6-5-9-20(21)22(24)23-17-11-13-19(14-12-17)27-16-15-26-18-7-3-2-4-8-18/h2-14H,15-16H2,1H3,(H,23,24). The Labute approximate surface area is 158 Å². The van der Waals surface area contributed by atoms with E-state index >= 15 is 0 Å². The van der Waals surface area contributed by atoms with Gasteiger partial charge in [0.25, 0.3) is 5.91 Å². The van der Waals surface area contributed by atoms with Gasteiger partial charge in [-0.25, -0.2) is 0 Å². The van der Waals surface area contributed by atoms with Gasteiger partial charge >= 0.3 is 0 Å². The van der Waals surface area contributed by atoms with E-state index in [1.54, 1.807) is 49.6 Å². The van der Waals surface area contributed by atoms with Crippen molar-refractivity contribution in [2.75, 3.05) is 25.6 Å². The fraction of sp³-hybridized carbons (Fsp3) is 0.136. The van der Waals surface area contributed by atoms with Crippen molar-refractivity contribution < 1.29 is 19.0 Å². The molecule has 0 aliphatic heterocycles. The van der Waals surface area contributed by atoms with E-state index in [9.17, 15) is 4.79 Å². The van der Waals surface area contributed by atoms with Crippen LogP contribution in [-0.4, -0.2) is 26.2 Å². The van der Waals surface area contributed by atoms with Crippen LogP contribution in [0.2, 0.25) is 0 Å². The Bertz CT molecular complexity index is 863. The molecule has 0 spiro atoms. The number of carbonyl (C=O) groups is 1. The zero-order valence-electron chi connectivity index (χ0n) is 15.1. The van der Waals surface area contributed by atoms with Crippen LogP contribution < -0.4 is 19.5 Å². The molecule has 3 aromatic carbocycles. The van der Waals surface area contributed by atoms with Crippen LogP contribution in [0.4, 0.5) is 5.69 Å². The number of benzene rings is 3. The molecule has 5 nitrogen and oxygen atoms in total. The molecule has 0 aliphatic rings. The van der Waals surface area contributed by atoms with E-state index in [0.29, 0.717) is 36.0 Å². The van der Waals surface area contributed by atoms with Crippen LogP contribution in [0.1, 0.15) is 10.4 Å². The molecule has 0 saturated heterocycles. The van der Waals surface area contributed by atoms with E-state index in [1.807, 2.05) is 36.4 Å². The van der Waals surface area contributed by atoms with Gasteiger partial charge in [0.15, 0.2) is 0 Å². The number of amides is 1. The first-order valence-electron chi connectivity index (χ1n) is 8.61. The largest absolute Gasteiger partial charge is 0.496 e. The Morgan fingerprint density at radius 3 is 2.04 bits per heavy atom. The molecule has 3 aromatic rings. The van der Waals surface area contributed by atoms with Crippen molar-refractivity contribution in [2.24, 2.45) is 0 Å². The maximum atomic E-state index is 12.4. The first-order valence-corrected chi connectivity index (χ1v) is 8.61. The number of hydrogen-bond donors (Lipinski definition) is 1. The molecule has 0 saturated carbocycles. The van der Waals surface area contributed by atoms with E-state index in [4.69, 9.17) is 14.2 Å². The van der Waals surface area contributed by atoms with Gasteiger partial charge in [-0.2, -0.15) is 0 Å². The fourth-order valence-corrected chi connectivity index (χ4v) is 2.50. The summed E-state index contributed by atoms with van der Waals surface area (Å²) in [5, 5.41) is 2.85. The zero-order valence-corrected chi connectivity index (χ0v) is 15.1. The molecule has 0 aliphatic carbocycles. The fourth-order valence-electron chi connectivity index (χ4n) is 2.50. The van der Waals surface area contributed by atoms with Gasteiger partial charge < -0.3 is 19.5 Å². The normalized spacial score (nSPS) is 10.1. The Morgan fingerprint density at radius 2 is 1.37 bits per heavy atom. The van der Waals surface area contributed by atoms with Crippen molar-refractivity contribution in [1.82, 2.24) is 0 Å². The molecule has 1 amide bonds. The third-order valence-electron chi connectivity index (χ3n) is 3.83. The lowest BCUT2D eigenvalue weighted by molar-refractivity contribution is 0.102. The smallest absolute Gasteiger partial charge is 0.259 e. The van der Waals surface area contributed by atoms with Gasteiger partial charge in [-0.05, 0) is 48.5 Å². The topological polar surface area (TPSA) is 56.8 Å². The third kappa shape index (κ3) is 5.25. The van der Waals surface area contributed by atoms with Crippen LogP contribution in [0.5, 0.6) is 17.2 Å². The van der Waals surface area contributed by atoms with Crippen molar-refractivity contribution in [2.45, 2.75) is 0 Å². The number of para-hydroxylation sites is 2. The molecule has 0 fully saturated rings. The highest BCUT2D eigenvalue weighted by Gasteiger charge is 2.11. The molecule has 0 aromatic heterocycles. The van der Waals surface area contributed by atoms with Gasteiger partial charge in [0.2, 0.25) is 0 Å². The van der Waals surface area contributed by atoms with Gasteiger partial charge in [0.1, 0.15) is 30.5 Å². The number of methoxy groups -OCH3 is 1. The molecule has 0 unspecified atom stereocenters. The van der Waals surface area contributed by atoms with Crippen LogP contribution in [0, 0.1) is 0 Å². The summed E-state index contributed by atoms with van der Waals surface area (Å²) in [6, 6.07) is 23.9. The second-order valence-electron chi connectivity index (χ2n) is 5.69. The first kappa shape index (κ1) is 18.3. The lowest BCUT2D eigenvalue weighted by Gasteiger charge is -2.11. The van der Waals surface area contributed by atoms with E-state index in [2.05, 4.69) is 5.32 Å². The van der Waals surface area contributed by atoms with E-state index < -0.39 is 0 Å². The number of hydrogen-bond acceptors (Lipinski definition) is 4. The van der Waals surface area contributed by atoms with Gasteiger partial charge in [0.05, 0.1) is 12.7 Å². The molecule has 0 radical (unpaired) electrons. The zero-order chi connectivity index (χ0) is 18.9. The highest BCUT2D eigenvalue weighted by atomic mass is 16.5. The second-order valence-corrected chi connectivity index (χ2v) is 5.69. The number of anilines is 1. The van der Waals surface area contributed by atoms with Crippen molar-refractivity contribution in [3.63, 3.8) is 0 Å². The van der Waals surface area contributed by atoms with E-state index in [1.165, 1.54) is 0 Å². The lowest BCUT2D eigenvalue weighted by Crippen LogP contribution is -2.13. The average Bonchev–Trinajstić information content (AvgIpc) is 2.73. The van der Waals surface area contributed by atoms with Crippen LogP contribution in [0.15, 0.2) is 78.9 Å². The number of rotatable bonds is 8. The quantitative estimate of drug-likeness (QED) is 0.603. The van der Waals surface area contributed by atoms with E-state index in [-0.39, 0.29) is 5.91 Å². The third-order valence-corrected chi connectivity index (χ3v) is 3.83. The summed E-state index contributed by atoms with van der Waals surface area (Å²) < 4.78 is 16.4. The average molecular weight is 363 g/mol. The molecular weight excluding hydrogens is 342 g/mol. The summed E-state index contributed by atoms with van der Waals surface area (Å²) in [6.07, 6.45) is 0. The van der Waals surface area contributed by atoms with Crippen molar-refractivity contribution in [1.29, 1.82) is 0 Å². The molecule has 0 heterocycles. The maximum Gasteiger partial charge on any atom is 0.259 e. The van der Waals surface area contributed by atoms with Gasteiger partial charge in [0, 0.05) is 5.69 Å². The highest BCUT2D eigenvalue weighted by Crippen LogP contribution is 2.20. The minimum absolute atomic E-state index is 0.225. The van der Waals surface area contributed by atoms with Crippen molar-refractivity contribution >= 4 is 11.6 Å². The summed E-state index contributed by atoms with van der Waals surface area (Å²) in [7, 11) is 1.54. The SMILES string of the molecule is COc1ccccc1C(=O)Nc1ccc(OCCOc2ccccc2)cc1. The summed E-state index contributed by atoms with van der Waals surface area (Å²) in [5.74, 6) is 1.84. The number of ether oxygens (including phenoxy) is 3. The predicted octanol–water partition coefficient (Wildman–Crippen LogP) is 4.41. The molecule has 0 bridgehead atoms. The second kappa shape index (κ2) is 9.29. The highest BCUT2D eigenvalue weighted by molar-refractivity contribution is 6.06. The van der Waals surface area contributed by atoms with Gasteiger partial charge in [-0.15, -0.1) is 0 Å². The van der Waals surface area contributed by atoms with Crippen molar-refractivity contribution in [3.05, 3.63) is 84.4 Å². The summed E-state index contributed by atoms with van der Waals surface area (Å²) in [4.78, 5) is 12.4. The van der Waals surface area contributed by atoms with Crippen LogP contribution in [-0.2, 0) is 0 Å². The molecule has 5 heteroatoms. The lowest BCUT2D eigenvalue weighted by atomic mass is 10.2. The number of carbonyl (C=O) groups excluding carboxylic acids is 1. The Hall–Kier alpha value is -3.47. The van der Waals surface area contributed by atoms with Gasteiger partial charge in [-0.1, -0.05) is 30.3 Å². The summed E-state index contributed by atoms with van der Waals surface area (Å²) in [6.45, 7) is 0.887.